The summed E-state index contributed by atoms with van der Waals surface area (Å²) in [6.45, 7) is 1.86. The van der Waals surface area contributed by atoms with E-state index in [1.165, 1.54) is 0 Å². The van der Waals surface area contributed by atoms with E-state index in [2.05, 4.69) is 5.32 Å². The van der Waals surface area contributed by atoms with Gasteiger partial charge >= 0.3 is 5.97 Å². The van der Waals surface area contributed by atoms with Crippen LogP contribution >= 0.6 is 0 Å². The second-order valence-corrected chi connectivity index (χ2v) is 3.55. The van der Waals surface area contributed by atoms with Crippen LogP contribution in [0.4, 0.5) is 5.69 Å². The molecule has 0 saturated heterocycles. The predicted octanol–water partition coefficient (Wildman–Crippen LogP) is 1.30. The van der Waals surface area contributed by atoms with Crippen LogP contribution in [0, 0.1) is 0 Å². The highest BCUT2D eigenvalue weighted by Crippen LogP contribution is 2.03. The van der Waals surface area contributed by atoms with Crippen LogP contribution < -0.4 is 5.32 Å². The van der Waals surface area contributed by atoms with Crippen molar-refractivity contribution in [2.24, 2.45) is 0 Å². The summed E-state index contributed by atoms with van der Waals surface area (Å²) >= 11 is 0. The third kappa shape index (κ3) is 6.88. The molecule has 0 spiro atoms. The Kier molecular flexibility index (Phi) is 7.59. The van der Waals surface area contributed by atoms with Crippen molar-refractivity contribution in [3.8, 4) is 0 Å². The second-order valence-electron chi connectivity index (χ2n) is 3.55. The van der Waals surface area contributed by atoms with Crippen LogP contribution in [0.25, 0.3) is 0 Å². The topological polar surface area (TPSA) is 56.8 Å². The number of carbonyl (C=O) groups excluding carboxylic acids is 1. The number of carbonyl (C=O) groups is 1. The number of hydrogen-bond donors (Lipinski definition) is 1. The summed E-state index contributed by atoms with van der Waals surface area (Å²) in [4.78, 5) is 11.3. The van der Waals surface area contributed by atoms with E-state index >= 15 is 0 Å². The van der Waals surface area contributed by atoms with E-state index in [4.69, 9.17) is 14.2 Å². The molecule has 0 aliphatic rings. The van der Waals surface area contributed by atoms with Gasteiger partial charge in [-0.1, -0.05) is 18.2 Å². The lowest BCUT2D eigenvalue weighted by atomic mass is 10.3. The molecule has 0 aliphatic heterocycles. The molecular formula is C13H19NO4. The largest absolute Gasteiger partial charge is 0.462 e. The van der Waals surface area contributed by atoms with Crippen LogP contribution in [0.1, 0.15) is 0 Å². The van der Waals surface area contributed by atoms with Gasteiger partial charge in [0.15, 0.2) is 0 Å². The van der Waals surface area contributed by atoms with Gasteiger partial charge in [0.25, 0.3) is 0 Å². The predicted molar refractivity (Wildman–Crippen MR) is 68.6 cm³/mol. The van der Waals surface area contributed by atoms with Gasteiger partial charge in [-0.05, 0) is 12.1 Å². The van der Waals surface area contributed by atoms with Gasteiger partial charge in [-0.3, -0.25) is 4.79 Å². The molecule has 0 aromatic heterocycles. The number of rotatable bonds is 9. The molecule has 1 aromatic carbocycles. The molecule has 1 aromatic rings. The van der Waals surface area contributed by atoms with Gasteiger partial charge in [0.1, 0.15) is 13.2 Å². The molecule has 0 radical (unpaired) electrons. The Labute approximate surface area is 107 Å². The maximum atomic E-state index is 11.3. The van der Waals surface area contributed by atoms with Crippen molar-refractivity contribution in [2.45, 2.75) is 0 Å². The van der Waals surface area contributed by atoms with Crippen molar-refractivity contribution in [3.05, 3.63) is 30.3 Å². The van der Waals surface area contributed by atoms with E-state index in [9.17, 15) is 4.79 Å². The van der Waals surface area contributed by atoms with Gasteiger partial charge in [0.2, 0.25) is 0 Å². The molecule has 18 heavy (non-hydrogen) atoms. The summed E-state index contributed by atoms with van der Waals surface area (Å²) in [6, 6.07) is 9.50. The third-order valence-electron chi connectivity index (χ3n) is 2.13. The zero-order valence-electron chi connectivity index (χ0n) is 10.6. The van der Waals surface area contributed by atoms with Crippen LogP contribution in [-0.2, 0) is 19.0 Å². The smallest absolute Gasteiger partial charge is 0.325 e. The average molecular weight is 253 g/mol. The molecular weight excluding hydrogens is 234 g/mol. The van der Waals surface area contributed by atoms with Gasteiger partial charge in [0, 0.05) is 12.8 Å². The maximum Gasteiger partial charge on any atom is 0.325 e. The summed E-state index contributed by atoms with van der Waals surface area (Å²) in [7, 11) is 1.61. The molecule has 0 fully saturated rings. The fraction of sp³-hybridized carbons (Fsp3) is 0.462. The van der Waals surface area contributed by atoms with E-state index in [0.29, 0.717) is 19.8 Å². The molecule has 5 heteroatoms. The van der Waals surface area contributed by atoms with Crippen molar-refractivity contribution in [3.63, 3.8) is 0 Å². The third-order valence-corrected chi connectivity index (χ3v) is 2.13. The summed E-state index contributed by atoms with van der Waals surface area (Å²) in [5, 5.41) is 2.97. The number of nitrogens with one attached hydrogen (secondary N) is 1. The van der Waals surface area contributed by atoms with Gasteiger partial charge in [0.05, 0.1) is 19.8 Å². The Hall–Kier alpha value is -1.59. The Balaban J connectivity index is 2.01. The quantitative estimate of drug-likeness (QED) is 0.531. The second kappa shape index (κ2) is 9.44. The molecule has 5 nitrogen and oxygen atoms in total. The summed E-state index contributed by atoms with van der Waals surface area (Å²) in [6.07, 6.45) is 0. The summed E-state index contributed by atoms with van der Waals surface area (Å²) in [5.74, 6) is -0.297. The van der Waals surface area contributed by atoms with Gasteiger partial charge < -0.3 is 19.5 Å². The lowest BCUT2D eigenvalue weighted by molar-refractivity contribution is -0.143. The summed E-state index contributed by atoms with van der Waals surface area (Å²) < 4.78 is 15.0. The fourth-order valence-corrected chi connectivity index (χ4v) is 1.24. The Morgan fingerprint density at radius 2 is 1.83 bits per heavy atom. The number of anilines is 1. The number of hydrogen-bond acceptors (Lipinski definition) is 5. The molecule has 0 bridgehead atoms. The minimum atomic E-state index is -0.297. The normalized spacial score (nSPS) is 10.1. The molecule has 0 heterocycles. The van der Waals surface area contributed by atoms with Crippen LogP contribution in [0.3, 0.4) is 0 Å². The van der Waals surface area contributed by atoms with E-state index in [0.717, 1.165) is 5.69 Å². The highest BCUT2D eigenvalue weighted by atomic mass is 16.6. The van der Waals surface area contributed by atoms with E-state index in [1.807, 2.05) is 30.3 Å². The van der Waals surface area contributed by atoms with E-state index in [1.54, 1.807) is 7.11 Å². The molecule has 0 unspecified atom stereocenters. The number of para-hydroxylation sites is 1. The molecule has 0 amide bonds. The van der Waals surface area contributed by atoms with Crippen LogP contribution in [-0.4, -0.2) is 46.1 Å². The van der Waals surface area contributed by atoms with Crippen molar-refractivity contribution < 1.29 is 19.0 Å². The molecule has 0 saturated carbocycles. The average Bonchev–Trinajstić information content (AvgIpc) is 2.41. The van der Waals surface area contributed by atoms with Crippen molar-refractivity contribution >= 4 is 11.7 Å². The monoisotopic (exact) mass is 253 g/mol. The van der Waals surface area contributed by atoms with E-state index in [-0.39, 0.29) is 19.1 Å². The highest BCUT2D eigenvalue weighted by molar-refractivity contribution is 5.74. The van der Waals surface area contributed by atoms with Crippen LogP contribution in [0.2, 0.25) is 0 Å². The van der Waals surface area contributed by atoms with Crippen molar-refractivity contribution in [2.75, 3.05) is 45.4 Å². The highest BCUT2D eigenvalue weighted by Gasteiger charge is 2.01. The van der Waals surface area contributed by atoms with E-state index < -0.39 is 0 Å². The van der Waals surface area contributed by atoms with Crippen LogP contribution in [0.5, 0.6) is 0 Å². The number of methoxy groups -OCH3 is 1. The van der Waals surface area contributed by atoms with Gasteiger partial charge in [-0.25, -0.2) is 0 Å². The Bertz CT molecular complexity index is 329. The lowest BCUT2D eigenvalue weighted by Gasteiger charge is -2.07. The van der Waals surface area contributed by atoms with Crippen molar-refractivity contribution in [1.82, 2.24) is 0 Å². The molecule has 1 N–H and O–H groups in total. The number of ether oxygens (including phenoxy) is 3. The first-order valence-electron chi connectivity index (χ1n) is 5.84. The fourth-order valence-electron chi connectivity index (χ4n) is 1.24. The molecule has 0 atom stereocenters. The molecule has 100 valence electrons. The first kappa shape index (κ1) is 14.5. The lowest BCUT2D eigenvalue weighted by Crippen LogP contribution is -2.19. The van der Waals surface area contributed by atoms with Gasteiger partial charge in [-0.15, -0.1) is 0 Å². The molecule has 1 rings (SSSR count). The first-order valence-corrected chi connectivity index (χ1v) is 5.84. The number of esters is 1. The zero-order chi connectivity index (χ0) is 13.1. The zero-order valence-corrected chi connectivity index (χ0v) is 10.6. The Morgan fingerprint density at radius 1 is 1.11 bits per heavy atom. The molecule has 0 aliphatic carbocycles. The maximum absolute atomic E-state index is 11.3. The number of benzene rings is 1. The minimum Gasteiger partial charge on any atom is -0.462 e. The first-order chi connectivity index (χ1) is 8.83. The Morgan fingerprint density at radius 3 is 2.56 bits per heavy atom. The van der Waals surface area contributed by atoms with Gasteiger partial charge in [-0.2, -0.15) is 0 Å². The standard InChI is InChI=1S/C13H19NO4/c1-16-7-8-17-9-10-18-13(15)11-14-12-5-3-2-4-6-12/h2-6,14H,7-11H2,1H3. The van der Waals surface area contributed by atoms with Crippen molar-refractivity contribution in [1.29, 1.82) is 0 Å². The SMILES string of the molecule is COCCOCCOC(=O)CNc1ccccc1. The summed E-state index contributed by atoms with van der Waals surface area (Å²) in [5.41, 5.74) is 0.894. The van der Waals surface area contributed by atoms with Crippen LogP contribution in [0.15, 0.2) is 30.3 Å². The minimum absolute atomic E-state index is 0.155.